The topological polar surface area (TPSA) is 64.2 Å². The van der Waals surface area contributed by atoms with Crippen LogP contribution in [0.5, 0.6) is 0 Å². The van der Waals surface area contributed by atoms with Crippen LogP contribution in [-0.4, -0.2) is 38.1 Å². The van der Waals surface area contributed by atoms with Crippen LogP contribution >= 0.6 is 15.9 Å². The molecule has 1 aromatic carbocycles. The number of benzene rings is 1. The van der Waals surface area contributed by atoms with Crippen molar-refractivity contribution in [3.63, 3.8) is 0 Å². The van der Waals surface area contributed by atoms with E-state index in [9.17, 15) is 4.79 Å². The van der Waals surface area contributed by atoms with E-state index in [-0.39, 0.29) is 12.5 Å². The highest BCUT2D eigenvalue weighted by Gasteiger charge is 2.26. The minimum Gasteiger partial charge on any atom is -0.338 e. The lowest BCUT2D eigenvalue weighted by molar-refractivity contribution is -0.135. The van der Waals surface area contributed by atoms with Gasteiger partial charge in [0.05, 0.1) is 0 Å². The number of halogens is 1. The van der Waals surface area contributed by atoms with Crippen molar-refractivity contribution in [3.05, 3.63) is 47.1 Å². The fourth-order valence-corrected chi connectivity index (χ4v) is 4.04. The van der Waals surface area contributed by atoms with E-state index in [0.29, 0.717) is 17.8 Å². The third-order valence-corrected chi connectivity index (χ3v) is 5.83. The lowest BCUT2D eigenvalue weighted by Gasteiger charge is -2.35. The third-order valence-electron chi connectivity index (χ3n) is 5.30. The molecule has 1 amide bonds. The number of nitrogens with zero attached hydrogens (tertiary/aromatic N) is 4. The Labute approximate surface area is 172 Å². The van der Waals surface area contributed by atoms with Crippen molar-refractivity contribution in [1.82, 2.24) is 19.6 Å². The summed E-state index contributed by atoms with van der Waals surface area (Å²) >= 11 is 3.43. The van der Waals surface area contributed by atoms with E-state index in [4.69, 9.17) is 4.52 Å². The second kappa shape index (κ2) is 8.31. The second-order valence-corrected chi connectivity index (χ2v) is 8.01. The Morgan fingerprint density at radius 3 is 2.86 bits per heavy atom. The molecule has 0 bridgehead atoms. The first-order chi connectivity index (χ1) is 13.7. The van der Waals surface area contributed by atoms with Gasteiger partial charge in [-0.2, -0.15) is 4.98 Å². The van der Waals surface area contributed by atoms with Gasteiger partial charge in [0.15, 0.2) is 0 Å². The van der Waals surface area contributed by atoms with Crippen LogP contribution in [0.25, 0.3) is 23.0 Å². The number of aromatic nitrogens is 3. The molecule has 3 heterocycles. The van der Waals surface area contributed by atoms with Crippen molar-refractivity contribution in [3.8, 4) is 23.0 Å². The number of carbonyl (C=O) groups excluding carboxylic acids is 1. The Balaban J connectivity index is 1.53. The lowest BCUT2D eigenvalue weighted by atomic mass is 10.00. The van der Waals surface area contributed by atoms with Crippen molar-refractivity contribution in [2.75, 3.05) is 6.54 Å². The Bertz CT molecular complexity index is 947. The van der Waals surface area contributed by atoms with Crippen LogP contribution in [0.15, 0.2) is 51.6 Å². The second-order valence-electron chi connectivity index (χ2n) is 7.10. The summed E-state index contributed by atoms with van der Waals surface area (Å²) in [4.78, 5) is 19.5. The zero-order valence-electron chi connectivity index (χ0n) is 15.8. The Morgan fingerprint density at radius 1 is 1.25 bits per heavy atom. The number of rotatable bonds is 5. The van der Waals surface area contributed by atoms with Gasteiger partial charge in [-0.1, -0.05) is 28.0 Å². The van der Waals surface area contributed by atoms with E-state index in [2.05, 4.69) is 33.0 Å². The van der Waals surface area contributed by atoms with Crippen LogP contribution < -0.4 is 0 Å². The van der Waals surface area contributed by atoms with Gasteiger partial charge >= 0.3 is 0 Å². The maximum atomic E-state index is 12.9. The van der Waals surface area contributed by atoms with E-state index >= 15 is 0 Å². The van der Waals surface area contributed by atoms with E-state index in [1.807, 2.05) is 52.1 Å². The standard InChI is InChI=1S/C21H23BrN4O2/c1-2-17-6-3-4-13-26(17)19(27)14-25-12-5-7-18(25)21-23-20(24-28-21)15-8-10-16(22)11-9-15/h5,7-12,17H,2-4,6,13-14H2,1H3/t17-/m0/s1. The molecule has 1 saturated heterocycles. The smallest absolute Gasteiger partial charge is 0.274 e. The number of likely N-dealkylation sites (tertiary alicyclic amines) is 1. The number of amides is 1. The van der Waals surface area contributed by atoms with Gasteiger partial charge in [-0.3, -0.25) is 4.79 Å². The van der Waals surface area contributed by atoms with Crippen LogP contribution in [0.2, 0.25) is 0 Å². The number of piperidine rings is 1. The largest absolute Gasteiger partial charge is 0.338 e. The molecule has 0 saturated carbocycles. The summed E-state index contributed by atoms with van der Waals surface area (Å²) < 4.78 is 8.37. The summed E-state index contributed by atoms with van der Waals surface area (Å²) in [5, 5.41) is 4.10. The molecule has 7 heteroatoms. The molecule has 6 nitrogen and oxygen atoms in total. The predicted octanol–water partition coefficient (Wildman–Crippen LogP) is 4.76. The quantitative estimate of drug-likeness (QED) is 0.571. The summed E-state index contributed by atoms with van der Waals surface area (Å²) in [5.74, 6) is 1.10. The SMILES string of the molecule is CC[C@H]1CCCCN1C(=O)Cn1cccc1-c1nc(-c2ccc(Br)cc2)no1. The molecule has 3 aromatic rings. The third kappa shape index (κ3) is 3.90. The van der Waals surface area contributed by atoms with E-state index in [1.54, 1.807) is 0 Å². The van der Waals surface area contributed by atoms with Crippen molar-refractivity contribution in [2.45, 2.75) is 45.2 Å². The first-order valence-corrected chi connectivity index (χ1v) is 10.5. The van der Waals surface area contributed by atoms with Gasteiger partial charge in [-0.05, 0) is 62.1 Å². The first-order valence-electron chi connectivity index (χ1n) is 9.70. The van der Waals surface area contributed by atoms with Gasteiger partial charge in [0.25, 0.3) is 5.89 Å². The normalized spacial score (nSPS) is 17.1. The van der Waals surface area contributed by atoms with Crippen molar-refractivity contribution in [1.29, 1.82) is 0 Å². The molecule has 28 heavy (non-hydrogen) atoms. The molecule has 0 aliphatic carbocycles. The van der Waals surface area contributed by atoms with Crippen LogP contribution in [-0.2, 0) is 11.3 Å². The van der Waals surface area contributed by atoms with Crippen LogP contribution in [0.3, 0.4) is 0 Å². The number of carbonyl (C=O) groups is 1. The van der Waals surface area contributed by atoms with Crippen LogP contribution in [0.1, 0.15) is 32.6 Å². The first kappa shape index (κ1) is 18.9. The molecule has 1 atom stereocenters. The molecule has 146 valence electrons. The molecule has 1 aliphatic rings. The summed E-state index contributed by atoms with van der Waals surface area (Å²) in [6.45, 7) is 3.29. The average Bonchev–Trinajstić information content (AvgIpc) is 3.38. The summed E-state index contributed by atoms with van der Waals surface area (Å²) in [7, 11) is 0. The van der Waals surface area contributed by atoms with Crippen molar-refractivity contribution in [2.24, 2.45) is 0 Å². The molecule has 0 unspecified atom stereocenters. The Hall–Kier alpha value is -2.41. The number of hydrogen-bond acceptors (Lipinski definition) is 4. The van der Waals surface area contributed by atoms with Gasteiger partial charge in [0.1, 0.15) is 12.2 Å². The van der Waals surface area contributed by atoms with Crippen molar-refractivity contribution < 1.29 is 9.32 Å². The molecule has 0 radical (unpaired) electrons. The summed E-state index contributed by atoms with van der Waals surface area (Å²) in [6, 6.07) is 11.9. The maximum Gasteiger partial charge on any atom is 0.274 e. The molecule has 0 spiro atoms. The Kier molecular flexibility index (Phi) is 5.62. The molecule has 1 aliphatic heterocycles. The van der Waals surface area contributed by atoms with Gasteiger partial charge in [-0.15, -0.1) is 0 Å². The van der Waals surface area contributed by atoms with Gasteiger partial charge < -0.3 is 14.0 Å². The Morgan fingerprint density at radius 2 is 2.07 bits per heavy atom. The van der Waals surface area contributed by atoms with Gasteiger partial charge in [0.2, 0.25) is 11.7 Å². The predicted molar refractivity (Wildman–Crippen MR) is 111 cm³/mol. The zero-order valence-corrected chi connectivity index (χ0v) is 17.4. The minimum atomic E-state index is 0.150. The average molecular weight is 443 g/mol. The van der Waals surface area contributed by atoms with Gasteiger partial charge in [-0.25, -0.2) is 0 Å². The summed E-state index contributed by atoms with van der Waals surface area (Å²) in [5.41, 5.74) is 1.64. The lowest BCUT2D eigenvalue weighted by Crippen LogP contribution is -2.44. The highest BCUT2D eigenvalue weighted by atomic mass is 79.9. The fourth-order valence-electron chi connectivity index (χ4n) is 3.78. The van der Waals surface area contributed by atoms with Crippen LogP contribution in [0, 0.1) is 0 Å². The minimum absolute atomic E-state index is 0.150. The summed E-state index contributed by atoms with van der Waals surface area (Å²) in [6.07, 6.45) is 6.28. The maximum absolute atomic E-state index is 12.9. The zero-order chi connectivity index (χ0) is 19.5. The fraction of sp³-hybridized carbons (Fsp3) is 0.381. The van der Waals surface area contributed by atoms with E-state index in [0.717, 1.165) is 41.5 Å². The van der Waals surface area contributed by atoms with Crippen LogP contribution in [0.4, 0.5) is 0 Å². The molecular formula is C21H23BrN4O2. The molecule has 1 fully saturated rings. The van der Waals surface area contributed by atoms with Crippen molar-refractivity contribution >= 4 is 21.8 Å². The molecule has 4 rings (SSSR count). The highest BCUT2D eigenvalue weighted by Crippen LogP contribution is 2.25. The number of hydrogen-bond donors (Lipinski definition) is 0. The highest BCUT2D eigenvalue weighted by molar-refractivity contribution is 9.10. The van der Waals surface area contributed by atoms with E-state index < -0.39 is 0 Å². The van der Waals surface area contributed by atoms with Gasteiger partial charge in [0, 0.05) is 28.8 Å². The van der Waals surface area contributed by atoms with E-state index in [1.165, 1.54) is 6.42 Å². The molecule has 0 N–H and O–H groups in total. The molecule has 2 aromatic heterocycles. The molecular weight excluding hydrogens is 420 g/mol. The monoisotopic (exact) mass is 442 g/mol.